The molecule has 0 radical (unpaired) electrons. The third-order valence-corrected chi connectivity index (χ3v) is 3.97. The van der Waals surface area contributed by atoms with Crippen LogP contribution in [0.5, 0.6) is 5.75 Å². The lowest BCUT2D eigenvalue weighted by Gasteiger charge is -2.18. The van der Waals surface area contributed by atoms with E-state index in [-0.39, 0.29) is 5.41 Å². The van der Waals surface area contributed by atoms with Crippen molar-refractivity contribution in [2.75, 3.05) is 6.61 Å². The smallest absolute Gasteiger partial charge is 0.364 e. The van der Waals surface area contributed by atoms with Gasteiger partial charge in [-0.15, -0.1) is 10.2 Å². The molecule has 3 aromatic rings. The minimum Gasteiger partial charge on any atom is -0.493 e. The van der Waals surface area contributed by atoms with Crippen molar-refractivity contribution in [3.63, 3.8) is 0 Å². The van der Waals surface area contributed by atoms with Gasteiger partial charge in [-0.1, -0.05) is 45.0 Å². The average molecular weight is 407 g/mol. The maximum Gasteiger partial charge on any atom is 0.364 e. The van der Waals surface area contributed by atoms with E-state index in [1.54, 1.807) is 0 Å². The quantitative estimate of drug-likeness (QED) is 0.606. The molecule has 0 unspecified atom stereocenters. The molecule has 0 aliphatic heterocycles. The summed E-state index contributed by atoms with van der Waals surface area (Å²) in [5, 5.41) is 1.00. The molecule has 150 valence electrons. The number of para-hydroxylation sites is 1. The minimum absolute atomic E-state index is 0.148. The van der Waals surface area contributed by atoms with Crippen LogP contribution in [0.3, 0.4) is 0 Å². The van der Waals surface area contributed by atoms with Crippen molar-refractivity contribution in [3.05, 3.63) is 60.2 Å². The molecule has 0 bridgehead atoms. The lowest BCUT2D eigenvalue weighted by molar-refractivity contribution is -2.00. The highest BCUT2D eigenvalue weighted by atomic mass is 35.7. The van der Waals surface area contributed by atoms with Gasteiger partial charge >= 0.3 is 11.3 Å². The molecule has 7 heteroatoms. The zero-order chi connectivity index (χ0) is 20.9. The normalized spacial score (nSPS) is 11.7. The van der Waals surface area contributed by atoms with Crippen LogP contribution in [0.25, 0.3) is 22.3 Å². The predicted octanol–water partition coefficient (Wildman–Crippen LogP) is 1.32. The van der Waals surface area contributed by atoms with Crippen LogP contribution in [-0.4, -0.2) is 6.61 Å². The van der Waals surface area contributed by atoms with Gasteiger partial charge in [-0.3, -0.25) is 0 Å². The lowest BCUT2D eigenvalue weighted by Crippen LogP contribution is -2.68. The van der Waals surface area contributed by atoms with Gasteiger partial charge in [0.1, 0.15) is 11.1 Å². The second-order valence-electron chi connectivity index (χ2n) is 7.11. The van der Waals surface area contributed by atoms with Gasteiger partial charge in [-0.2, -0.15) is 0 Å². The number of hydrogen-bond donors (Lipinski definition) is 0. The first kappa shape index (κ1) is 22.1. The molecule has 0 N–H and O–H groups in total. The number of rotatable bonds is 3. The van der Waals surface area contributed by atoms with Crippen molar-refractivity contribution in [3.8, 4) is 17.1 Å². The van der Waals surface area contributed by atoms with Crippen LogP contribution >= 0.6 is 0 Å². The van der Waals surface area contributed by atoms with E-state index in [4.69, 9.17) is 27.8 Å². The molecule has 0 spiro atoms. The third-order valence-electron chi connectivity index (χ3n) is 3.97. The van der Waals surface area contributed by atoms with Crippen LogP contribution in [0.4, 0.5) is 0 Å². The van der Waals surface area contributed by atoms with Gasteiger partial charge in [-0.25, -0.2) is 23.1 Å². The molecule has 6 nitrogen and oxygen atoms in total. The Kier molecular flexibility index (Phi) is 6.98. The summed E-state index contributed by atoms with van der Waals surface area (Å²) in [4.78, 5) is 0. The Morgan fingerprint density at radius 1 is 0.929 bits per heavy atom. The molecule has 3 rings (SSSR count). The fourth-order valence-electron chi connectivity index (χ4n) is 2.66. The predicted molar refractivity (Wildman–Crippen MR) is 95.9 cm³/mol. The molecule has 0 aliphatic rings. The molecule has 0 saturated carbocycles. The number of fused-ring (bicyclic) bond motifs is 1. The highest BCUT2D eigenvalue weighted by Crippen LogP contribution is 2.33. The second-order valence-corrected chi connectivity index (χ2v) is 7.87. The van der Waals surface area contributed by atoms with Gasteiger partial charge in [0.15, 0.2) is 0 Å². The Labute approximate surface area is 166 Å². The topological polar surface area (TPSA) is 113 Å². The average Bonchev–Trinajstić information content (AvgIpc) is 2.60. The Hall–Kier alpha value is -2.22. The Morgan fingerprint density at radius 3 is 2.04 bits per heavy atom. The highest BCUT2D eigenvalue weighted by molar-refractivity contribution is 5.85. The largest absolute Gasteiger partial charge is 0.493 e. The summed E-state index contributed by atoms with van der Waals surface area (Å²) in [5.74, 6) is 1.69. The lowest BCUT2D eigenvalue weighted by atomic mass is 9.86. The van der Waals surface area contributed by atoms with Gasteiger partial charge in [0.05, 0.1) is 18.2 Å². The summed E-state index contributed by atoms with van der Waals surface area (Å²) >= 11 is 0. The van der Waals surface area contributed by atoms with E-state index in [0.29, 0.717) is 6.61 Å². The molecule has 1 heterocycles. The van der Waals surface area contributed by atoms with Crippen molar-refractivity contribution in [1.29, 1.82) is 0 Å². The molecule has 0 saturated heterocycles. The summed E-state index contributed by atoms with van der Waals surface area (Å²) in [6.45, 7) is 9.29. The number of ether oxygens (including phenoxy) is 1. The van der Waals surface area contributed by atoms with Crippen LogP contribution in [0, 0.1) is 10.2 Å². The molecular weight excluding hydrogens is 384 g/mol. The highest BCUT2D eigenvalue weighted by Gasteiger charge is 2.20. The second kappa shape index (κ2) is 8.86. The molecule has 0 amide bonds. The van der Waals surface area contributed by atoms with E-state index >= 15 is 0 Å². The van der Waals surface area contributed by atoms with E-state index in [0.717, 1.165) is 28.0 Å². The zero-order valence-corrected chi connectivity index (χ0v) is 17.0. The van der Waals surface area contributed by atoms with E-state index in [1.165, 1.54) is 5.56 Å². The van der Waals surface area contributed by atoms with Crippen LogP contribution < -0.4 is 23.4 Å². The van der Waals surface area contributed by atoms with Crippen LogP contribution in [0.15, 0.2) is 59.0 Å². The number of hydrogen-bond acceptors (Lipinski definition) is 5. The van der Waals surface area contributed by atoms with Crippen molar-refractivity contribution >= 4 is 11.0 Å². The fourth-order valence-corrected chi connectivity index (χ4v) is 2.66. The van der Waals surface area contributed by atoms with Crippen molar-refractivity contribution in [1.82, 2.24) is 0 Å². The number of benzene rings is 2. The van der Waals surface area contributed by atoms with Crippen molar-refractivity contribution < 1.29 is 38.0 Å². The SMILES string of the molecule is CCOc1cc(-c2ccc(C(C)(C)C)cc2)[o+]c2ccccc12.[O-][Cl+3]([O-])([O-])[O-]. The Morgan fingerprint density at radius 2 is 1.50 bits per heavy atom. The molecule has 2 aromatic carbocycles. The summed E-state index contributed by atoms with van der Waals surface area (Å²) in [6.07, 6.45) is 0. The van der Waals surface area contributed by atoms with Crippen molar-refractivity contribution in [2.45, 2.75) is 33.1 Å². The molecule has 0 aliphatic carbocycles. The minimum atomic E-state index is -4.94. The molecule has 1 aromatic heterocycles. The van der Waals surface area contributed by atoms with Gasteiger partial charge in [0, 0.05) is 6.07 Å². The van der Waals surface area contributed by atoms with E-state index in [2.05, 4.69) is 45.0 Å². The Bertz CT molecular complexity index is 905. The zero-order valence-electron chi connectivity index (χ0n) is 16.2. The Balaban J connectivity index is 0.000000500. The maximum atomic E-state index is 8.49. The first-order chi connectivity index (χ1) is 13.0. The molecule has 28 heavy (non-hydrogen) atoms. The van der Waals surface area contributed by atoms with Crippen LogP contribution in [-0.2, 0) is 5.41 Å². The van der Waals surface area contributed by atoms with Crippen LogP contribution in [0.2, 0.25) is 0 Å². The summed E-state index contributed by atoms with van der Waals surface area (Å²) in [6, 6.07) is 18.5. The standard InChI is InChI=1S/C21H23O2.ClHO4/c1-5-22-20-14-19(23-18-9-7-6-8-17(18)20)15-10-12-16(13-11-15)21(2,3)4;2-1(3,4)5/h6-14H,5H2,1-4H3;(H,2,3,4,5)/q+1;/p-1. The summed E-state index contributed by atoms with van der Waals surface area (Å²) in [7, 11) is -4.94. The van der Waals surface area contributed by atoms with Gasteiger partial charge in [-0.05, 0) is 36.1 Å². The van der Waals surface area contributed by atoms with Gasteiger partial charge in [0.2, 0.25) is 0 Å². The third kappa shape index (κ3) is 6.44. The summed E-state index contributed by atoms with van der Waals surface area (Å²) < 4.78 is 45.9. The first-order valence-electron chi connectivity index (χ1n) is 8.70. The maximum absolute atomic E-state index is 8.49. The van der Waals surface area contributed by atoms with Gasteiger partial charge < -0.3 is 4.74 Å². The molecular formula is C21H23ClO6. The summed E-state index contributed by atoms with van der Waals surface area (Å²) in [5.41, 5.74) is 3.36. The van der Waals surface area contributed by atoms with Crippen molar-refractivity contribution in [2.24, 2.45) is 0 Å². The van der Waals surface area contributed by atoms with E-state index < -0.39 is 10.2 Å². The van der Waals surface area contributed by atoms with Gasteiger partial charge in [0.25, 0.3) is 0 Å². The van der Waals surface area contributed by atoms with E-state index in [1.807, 2.05) is 37.3 Å². The molecule has 0 atom stereocenters. The number of halogens is 1. The van der Waals surface area contributed by atoms with E-state index in [9.17, 15) is 0 Å². The first-order valence-corrected chi connectivity index (χ1v) is 9.94. The fraction of sp³-hybridized carbons (Fsp3) is 0.286. The monoisotopic (exact) mass is 406 g/mol. The van der Waals surface area contributed by atoms with Crippen LogP contribution in [0.1, 0.15) is 33.3 Å². The molecule has 0 fully saturated rings.